The quantitative estimate of drug-likeness (QED) is 0.0863. The van der Waals surface area contributed by atoms with Crippen molar-refractivity contribution in [3.05, 3.63) is 67.3 Å². The lowest BCUT2D eigenvalue weighted by molar-refractivity contribution is -0.143. The molecule has 0 spiro atoms. The zero-order valence-electron chi connectivity index (χ0n) is 27.1. The number of anilines is 1. The molecule has 0 bridgehead atoms. The van der Waals surface area contributed by atoms with E-state index in [1.807, 2.05) is 42.5 Å². The molecule has 7 nitrogen and oxygen atoms in total. The number of carbonyl (C=O) groups is 2. The van der Waals surface area contributed by atoms with Gasteiger partial charge < -0.3 is 20.1 Å². The first kappa shape index (κ1) is 38.7. The van der Waals surface area contributed by atoms with Gasteiger partial charge >= 0.3 is 12.4 Å². The van der Waals surface area contributed by atoms with Crippen LogP contribution in [0, 0.1) is 21.3 Å². The van der Waals surface area contributed by atoms with Crippen LogP contribution in [-0.2, 0) is 21.9 Å². The van der Waals surface area contributed by atoms with E-state index in [2.05, 4.69) is 0 Å². The van der Waals surface area contributed by atoms with Crippen molar-refractivity contribution >= 4 is 46.2 Å². The molecule has 14 heteroatoms. The highest BCUT2D eigenvalue weighted by Gasteiger charge is 2.55. The van der Waals surface area contributed by atoms with Gasteiger partial charge in [0.05, 0.1) is 52.0 Å². The molecule has 1 heterocycles. The number of carbonyl (C=O) groups excluding carboxylic acids is 2. The molecule has 49 heavy (non-hydrogen) atoms. The summed E-state index contributed by atoms with van der Waals surface area (Å²) in [5, 5.41) is 32.4. The van der Waals surface area contributed by atoms with E-state index in [0.29, 0.717) is 63.2 Å². The van der Waals surface area contributed by atoms with Crippen molar-refractivity contribution in [1.82, 2.24) is 0 Å². The first-order valence-electron chi connectivity index (χ1n) is 15.9. The second kappa shape index (κ2) is 15.4. The number of aliphatic hydroxyl groups excluding tert-OH is 2. The summed E-state index contributed by atoms with van der Waals surface area (Å²) in [5.41, 5.74) is -1.41. The summed E-state index contributed by atoms with van der Waals surface area (Å²) < 4.78 is 87.6. The number of hydrogen-bond acceptors (Lipinski definition) is 6. The van der Waals surface area contributed by atoms with Crippen LogP contribution in [-0.4, -0.2) is 47.0 Å². The Morgan fingerprint density at radius 1 is 1.00 bits per heavy atom. The highest BCUT2D eigenvalue weighted by Crippen LogP contribution is 2.49. The van der Waals surface area contributed by atoms with Gasteiger partial charge in [-0.05, 0) is 96.2 Å². The van der Waals surface area contributed by atoms with Gasteiger partial charge in [-0.15, -0.1) is 0 Å². The molecule has 3 N–H and O–H groups in total. The first-order chi connectivity index (χ1) is 23.0. The van der Waals surface area contributed by atoms with Crippen molar-refractivity contribution in [3.8, 4) is 11.5 Å². The summed E-state index contributed by atoms with van der Waals surface area (Å²) in [6, 6.07) is 4.09. The second-order valence-corrected chi connectivity index (χ2v) is 13.5. The molecular weight excluding hydrogens is 771 g/mol. The van der Waals surface area contributed by atoms with E-state index in [4.69, 9.17) is 4.74 Å². The Balaban J connectivity index is 1.68. The second-order valence-electron chi connectivity index (χ2n) is 12.4. The lowest BCUT2D eigenvalue weighted by Gasteiger charge is -2.36. The fourth-order valence-corrected chi connectivity index (χ4v) is 7.58. The molecule has 1 saturated heterocycles. The van der Waals surface area contributed by atoms with E-state index in [1.54, 1.807) is 12.1 Å². The van der Waals surface area contributed by atoms with Crippen LogP contribution in [0.25, 0.3) is 6.08 Å². The molecule has 4 rings (SSSR count). The van der Waals surface area contributed by atoms with Crippen LogP contribution in [0.1, 0.15) is 75.5 Å². The SMILES string of the molecule is CCCC1=C([C@H](O)CC/C(=C/c2cc(I)c(O)c(OC)c2)CCC)[C@H](CO)[C@@H]2C(=O)N(c3cc(C(F)(F)F)cc(C(F)(F)F)c3)C(=O)[C@@H]2C1. The summed E-state index contributed by atoms with van der Waals surface area (Å²) in [4.78, 5) is 27.8. The summed E-state index contributed by atoms with van der Waals surface area (Å²) in [5.74, 6) is -5.15. The number of fused-ring (bicyclic) bond motifs is 1. The molecule has 2 amide bonds. The normalized spacial score (nSPS) is 21.0. The smallest absolute Gasteiger partial charge is 0.416 e. The minimum atomic E-state index is -5.19. The van der Waals surface area contributed by atoms with Crippen molar-refractivity contribution in [3.63, 3.8) is 0 Å². The van der Waals surface area contributed by atoms with Gasteiger partial charge in [0, 0.05) is 5.92 Å². The summed E-state index contributed by atoms with van der Waals surface area (Å²) in [7, 11) is 1.44. The molecule has 0 unspecified atom stereocenters. The molecule has 2 aromatic rings. The van der Waals surface area contributed by atoms with E-state index in [-0.39, 0.29) is 24.7 Å². The number of rotatable bonds is 12. The molecule has 0 saturated carbocycles. The topological polar surface area (TPSA) is 107 Å². The standard InChI is InChI=1S/C35H38F6INO6/c1-4-6-18(10-19-11-26(42)31(46)28(12-19)49-3)8-9-27(45)29-20(7-5-2)13-24-30(25(29)17-44)33(48)43(32(24)47)23-15-21(34(36,37)38)14-22(16-23)35(39,40)41/h10-12,14-16,24-25,27,30,44-46H,4-9,13,17H2,1-3H3/b18-10+/t24-,25+,27-,30-/m1/s1. The third-order valence-corrected chi connectivity index (χ3v) is 9.90. The highest BCUT2D eigenvalue weighted by molar-refractivity contribution is 14.1. The van der Waals surface area contributed by atoms with Gasteiger partial charge in [0.15, 0.2) is 11.5 Å². The number of benzene rings is 2. The Labute approximate surface area is 293 Å². The molecule has 1 aliphatic carbocycles. The number of methoxy groups -OCH3 is 1. The number of ether oxygens (including phenoxy) is 1. The lowest BCUT2D eigenvalue weighted by Crippen LogP contribution is -2.39. The fraction of sp³-hybridized carbons (Fsp3) is 0.486. The minimum absolute atomic E-state index is 0.0149. The van der Waals surface area contributed by atoms with Gasteiger partial charge in [0.25, 0.3) is 0 Å². The number of nitrogens with zero attached hydrogens (tertiary/aromatic N) is 1. The molecule has 2 aromatic carbocycles. The number of alkyl halides is 6. The van der Waals surface area contributed by atoms with Gasteiger partial charge in [-0.3, -0.25) is 9.59 Å². The Kier molecular flexibility index (Phi) is 12.2. The van der Waals surface area contributed by atoms with Crippen LogP contribution in [0.15, 0.2) is 47.1 Å². The highest BCUT2D eigenvalue weighted by atomic mass is 127. The molecule has 1 aliphatic heterocycles. The van der Waals surface area contributed by atoms with E-state index in [1.165, 1.54) is 7.11 Å². The largest absolute Gasteiger partial charge is 0.504 e. The molecule has 1 fully saturated rings. The Morgan fingerprint density at radius 2 is 1.63 bits per heavy atom. The van der Waals surface area contributed by atoms with Crippen LogP contribution in [0.2, 0.25) is 0 Å². The summed E-state index contributed by atoms with van der Waals surface area (Å²) in [6.07, 6.45) is -6.58. The third-order valence-electron chi connectivity index (χ3n) is 9.07. The van der Waals surface area contributed by atoms with Gasteiger partial charge in [0.2, 0.25) is 11.8 Å². The van der Waals surface area contributed by atoms with E-state index in [0.717, 1.165) is 17.6 Å². The maximum absolute atomic E-state index is 13.8. The number of hydrogen-bond donors (Lipinski definition) is 3. The zero-order valence-corrected chi connectivity index (χ0v) is 29.2. The number of imide groups is 1. The Morgan fingerprint density at radius 3 is 2.16 bits per heavy atom. The van der Waals surface area contributed by atoms with E-state index in [9.17, 15) is 51.3 Å². The summed E-state index contributed by atoms with van der Waals surface area (Å²) in [6.45, 7) is 3.18. The Bertz CT molecular complexity index is 1600. The monoisotopic (exact) mass is 809 g/mol. The predicted molar refractivity (Wildman–Crippen MR) is 179 cm³/mol. The maximum Gasteiger partial charge on any atom is 0.416 e. The molecule has 0 radical (unpaired) electrons. The molecule has 4 atom stereocenters. The number of aliphatic hydroxyl groups is 2. The number of amides is 2. The lowest BCUT2D eigenvalue weighted by atomic mass is 9.67. The van der Waals surface area contributed by atoms with Gasteiger partial charge in [0.1, 0.15) is 0 Å². The van der Waals surface area contributed by atoms with E-state index >= 15 is 0 Å². The van der Waals surface area contributed by atoms with Crippen molar-refractivity contribution in [1.29, 1.82) is 0 Å². The van der Waals surface area contributed by atoms with Crippen LogP contribution < -0.4 is 9.64 Å². The first-order valence-corrected chi connectivity index (χ1v) is 17.0. The van der Waals surface area contributed by atoms with Gasteiger partial charge in [-0.2, -0.15) is 26.3 Å². The third kappa shape index (κ3) is 8.28. The predicted octanol–water partition coefficient (Wildman–Crippen LogP) is 8.28. The minimum Gasteiger partial charge on any atom is -0.504 e. The number of phenolic OH excluding ortho intramolecular Hbond substituents is 1. The van der Waals surface area contributed by atoms with Crippen LogP contribution in [0.3, 0.4) is 0 Å². The van der Waals surface area contributed by atoms with E-state index < -0.39 is 71.4 Å². The van der Waals surface area contributed by atoms with Crippen LogP contribution in [0.4, 0.5) is 32.0 Å². The average Bonchev–Trinajstić information content (AvgIpc) is 3.28. The van der Waals surface area contributed by atoms with Crippen molar-refractivity contribution < 1.29 is 56.0 Å². The zero-order chi connectivity index (χ0) is 36.4. The molecular formula is C35H38F6INO6. The number of aromatic hydroxyl groups is 1. The Hall–Kier alpha value is -3.11. The van der Waals surface area contributed by atoms with Crippen molar-refractivity contribution in [2.45, 2.75) is 77.2 Å². The molecule has 2 aliphatic rings. The molecule has 268 valence electrons. The van der Waals surface area contributed by atoms with Crippen molar-refractivity contribution in [2.75, 3.05) is 18.6 Å². The molecule has 0 aromatic heterocycles. The van der Waals surface area contributed by atoms with Crippen LogP contribution in [0.5, 0.6) is 11.5 Å². The maximum atomic E-state index is 13.8. The average molecular weight is 810 g/mol. The van der Waals surface area contributed by atoms with Gasteiger partial charge in [-0.1, -0.05) is 43.9 Å². The number of phenols is 1. The summed E-state index contributed by atoms with van der Waals surface area (Å²) >= 11 is 1.99. The number of allylic oxidation sites excluding steroid dienone is 2. The van der Waals surface area contributed by atoms with Crippen LogP contribution >= 0.6 is 22.6 Å². The fourth-order valence-electron chi connectivity index (χ4n) is 6.96. The van der Waals surface area contributed by atoms with Gasteiger partial charge in [-0.25, -0.2) is 4.90 Å². The number of halogens is 7. The van der Waals surface area contributed by atoms with Crippen molar-refractivity contribution in [2.24, 2.45) is 17.8 Å².